The first-order valence-electron chi connectivity index (χ1n) is 6.38. The van der Waals surface area contributed by atoms with Crippen LogP contribution in [0.2, 0.25) is 0 Å². The van der Waals surface area contributed by atoms with Gasteiger partial charge in [0, 0.05) is 12.7 Å². The van der Waals surface area contributed by atoms with Crippen molar-refractivity contribution in [2.24, 2.45) is 11.8 Å². The Morgan fingerprint density at radius 3 is 2.88 bits per heavy atom. The Hall–Kier alpha value is -0.890. The highest BCUT2D eigenvalue weighted by Crippen LogP contribution is 2.30. The van der Waals surface area contributed by atoms with Crippen molar-refractivity contribution in [1.29, 1.82) is 0 Å². The predicted octanol–water partition coefficient (Wildman–Crippen LogP) is 2.92. The van der Waals surface area contributed by atoms with Crippen molar-refractivity contribution in [2.75, 3.05) is 6.54 Å². The van der Waals surface area contributed by atoms with E-state index in [0.717, 1.165) is 30.6 Å². The zero-order chi connectivity index (χ0) is 11.4. The van der Waals surface area contributed by atoms with Gasteiger partial charge in [-0.05, 0) is 43.4 Å². The Balaban J connectivity index is 1.73. The summed E-state index contributed by atoms with van der Waals surface area (Å²) in [5, 5.41) is 3.53. The molecular weight excluding hydrogens is 196 g/mol. The number of aromatic nitrogens is 1. The van der Waals surface area contributed by atoms with Crippen LogP contribution in [0.15, 0.2) is 18.3 Å². The summed E-state index contributed by atoms with van der Waals surface area (Å²) in [4.78, 5) is 4.40. The Morgan fingerprint density at radius 2 is 2.25 bits per heavy atom. The molecule has 2 atom stereocenters. The molecule has 1 saturated carbocycles. The van der Waals surface area contributed by atoms with E-state index >= 15 is 0 Å². The van der Waals surface area contributed by atoms with Crippen LogP contribution in [-0.2, 0) is 6.54 Å². The minimum absolute atomic E-state index is 0.880. The van der Waals surface area contributed by atoms with Crippen molar-refractivity contribution in [1.82, 2.24) is 10.3 Å². The van der Waals surface area contributed by atoms with E-state index in [-0.39, 0.29) is 0 Å². The van der Waals surface area contributed by atoms with Crippen LogP contribution in [0.3, 0.4) is 0 Å². The van der Waals surface area contributed by atoms with E-state index in [4.69, 9.17) is 0 Å². The molecular formula is C14H22N2. The third-order valence-corrected chi connectivity index (χ3v) is 3.72. The molecule has 0 spiro atoms. The van der Waals surface area contributed by atoms with Crippen molar-refractivity contribution < 1.29 is 0 Å². The quantitative estimate of drug-likeness (QED) is 0.840. The van der Waals surface area contributed by atoms with Crippen LogP contribution < -0.4 is 5.32 Å². The average molecular weight is 218 g/mol. The molecule has 2 heteroatoms. The van der Waals surface area contributed by atoms with Gasteiger partial charge in [-0.15, -0.1) is 0 Å². The molecule has 1 aliphatic rings. The number of nitrogens with one attached hydrogen (secondary N) is 1. The highest BCUT2D eigenvalue weighted by Gasteiger charge is 2.22. The smallest absolute Gasteiger partial charge is 0.0541 e. The van der Waals surface area contributed by atoms with Gasteiger partial charge < -0.3 is 5.32 Å². The topological polar surface area (TPSA) is 24.9 Å². The van der Waals surface area contributed by atoms with Crippen molar-refractivity contribution in [3.8, 4) is 0 Å². The van der Waals surface area contributed by atoms with E-state index in [0.29, 0.717) is 0 Å². The van der Waals surface area contributed by atoms with Crippen LogP contribution in [0.1, 0.15) is 37.4 Å². The maximum atomic E-state index is 4.40. The van der Waals surface area contributed by atoms with Crippen LogP contribution in [0, 0.1) is 18.8 Å². The lowest BCUT2D eigenvalue weighted by atomic mass is 9.98. The van der Waals surface area contributed by atoms with Crippen LogP contribution in [0.4, 0.5) is 0 Å². The molecule has 2 unspecified atom stereocenters. The Labute approximate surface area is 98.5 Å². The maximum Gasteiger partial charge on any atom is 0.0541 e. The summed E-state index contributed by atoms with van der Waals surface area (Å²) < 4.78 is 0. The molecule has 88 valence electrons. The molecule has 0 aromatic carbocycles. The molecule has 1 N–H and O–H groups in total. The van der Waals surface area contributed by atoms with E-state index in [1.807, 2.05) is 6.20 Å². The summed E-state index contributed by atoms with van der Waals surface area (Å²) in [5.74, 6) is 1.78. The number of pyridine rings is 1. The van der Waals surface area contributed by atoms with Gasteiger partial charge in [0.05, 0.1) is 5.69 Å². The van der Waals surface area contributed by atoms with Gasteiger partial charge in [-0.25, -0.2) is 0 Å². The monoisotopic (exact) mass is 218 g/mol. The molecule has 0 aliphatic heterocycles. The summed E-state index contributed by atoms with van der Waals surface area (Å²) >= 11 is 0. The molecule has 16 heavy (non-hydrogen) atoms. The summed E-state index contributed by atoms with van der Waals surface area (Å²) in [5.41, 5.74) is 2.38. The van der Waals surface area contributed by atoms with Gasteiger partial charge in [0.1, 0.15) is 0 Å². The van der Waals surface area contributed by atoms with Gasteiger partial charge >= 0.3 is 0 Å². The molecule has 0 bridgehead atoms. The second-order valence-corrected chi connectivity index (χ2v) is 5.13. The Morgan fingerprint density at radius 1 is 1.38 bits per heavy atom. The van der Waals surface area contributed by atoms with E-state index in [1.165, 1.54) is 24.8 Å². The van der Waals surface area contributed by atoms with Crippen LogP contribution in [-0.4, -0.2) is 11.5 Å². The molecule has 2 nitrogen and oxygen atoms in total. The Bertz CT molecular complexity index is 318. The first-order valence-corrected chi connectivity index (χ1v) is 6.38. The number of nitrogens with zero attached hydrogens (tertiary/aromatic N) is 1. The number of rotatable bonds is 4. The van der Waals surface area contributed by atoms with Gasteiger partial charge in [0.15, 0.2) is 0 Å². The summed E-state index contributed by atoms with van der Waals surface area (Å²) in [6.07, 6.45) is 6.16. The highest BCUT2D eigenvalue weighted by atomic mass is 14.9. The fraction of sp³-hybridized carbons (Fsp3) is 0.643. The van der Waals surface area contributed by atoms with Gasteiger partial charge in [0.2, 0.25) is 0 Å². The fourth-order valence-corrected chi connectivity index (χ4v) is 2.51. The Kier molecular flexibility index (Phi) is 3.94. The van der Waals surface area contributed by atoms with Crippen molar-refractivity contribution in [3.05, 3.63) is 29.6 Å². The zero-order valence-electron chi connectivity index (χ0n) is 10.4. The minimum atomic E-state index is 0.880. The highest BCUT2D eigenvalue weighted by molar-refractivity contribution is 5.11. The largest absolute Gasteiger partial charge is 0.311 e. The SMILES string of the molecule is Cc1ccc(CNCC2CCCC2C)nc1. The van der Waals surface area contributed by atoms with Gasteiger partial charge in [-0.2, -0.15) is 0 Å². The second-order valence-electron chi connectivity index (χ2n) is 5.13. The lowest BCUT2D eigenvalue weighted by Gasteiger charge is -2.15. The predicted molar refractivity (Wildman–Crippen MR) is 67.2 cm³/mol. The number of hydrogen-bond donors (Lipinski definition) is 1. The molecule has 2 rings (SSSR count). The first-order chi connectivity index (χ1) is 7.75. The molecule has 1 heterocycles. The third-order valence-electron chi connectivity index (χ3n) is 3.72. The van der Waals surface area contributed by atoms with Crippen molar-refractivity contribution >= 4 is 0 Å². The van der Waals surface area contributed by atoms with E-state index in [1.54, 1.807) is 0 Å². The third kappa shape index (κ3) is 3.05. The van der Waals surface area contributed by atoms with Gasteiger partial charge in [-0.1, -0.05) is 25.8 Å². The van der Waals surface area contributed by atoms with Crippen LogP contribution >= 0.6 is 0 Å². The molecule has 1 aliphatic carbocycles. The lowest BCUT2D eigenvalue weighted by molar-refractivity contribution is 0.391. The van der Waals surface area contributed by atoms with E-state index in [9.17, 15) is 0 Å². The van der Waals surface area contributed by atoms with Crippen LogP contribution in [0.25, 0.3) is 0 Å². The molecule has 1 aromatic heterocycles. The number of hydrogen-bond acceptors (Lipinski definition) is 2. The summed E-state index contributed by atoms with van der Waals surface area (Å²) in [6, 6.07) is 4.24. The molecule has 0 radical (unpaired) electrons. The standard InChI is InChI=1S/C14H22N2/c1-11-6-7-14(16-8-11)10-15-9-13-5-3-4-12(13)2/h6-8,12-13,15H,3-5,9-10H2,1-2H3. The second kappa shape index (κ2) is 5.44. The first kappa shape index (κ1) is 11.6. The summed E-state index contributed by atoms with van der Waals surface area (Å²) in [6.45, 7) is 6.51. The van der Waals surface area contributed by atoms with Gasteiger partial charge in [0.25, 0.3) is 0 Å². The van der Waals surface area contributed by atoms with Crippen molar-refractivity contribution in [3.63, 3.8) is 0 Å². The molecule has 0 amide bonds. The molecule has 0 saturated heterocycles. The average Bonchev–Trinajstić information content (AvgIpc) is 2.68. The maximum absolute atomic E-state index is 4.40. The molecule has 1 fully saturated rings. The number of aryl methyl sites for hydroxylation is 1. The normalized spacial score (nSPS) is 24.9. The van der Waals surface area contributed by atoms with Gasteiger partial charge in [-0.3, -0.25) is 4.98 Å². The van der Waals surface area contributed by atoms with E-state index in [2.05, 4.69) is 36.3 Å². The zero-order valence-corrected chi connectivity index (χ0v) is 10.4. The fourth-order valence-electron chi connectivity index (χ4n) is 2.51. The van der Waals surface area contributed by atoms with E-state index < -0.39 is 0 Å². The lowest BCUT2D eigenvalue weighted by Crippen LogP contribution is -2.24. The van der Waals surface area contributed by atoms with Crippen LogP contribution in [0.5, 0.6) is 0 Å². The molecule has 1 aromatic rings. The minimum Gasteiger partial charge on any atom is -0.311 e. The van der Waals surface area contributed by atoms with Crippen molar-refractivity contribution in [2.45, 2.75) is 39.7 Å². The summed E-state index contributed by atoms with van der Waals surface area (Å²) in [7, 11) is 0.